The molecule has 1 aromatic carbocycles. The molecule has 11 amide bonds. The van der Waals surface area contributed by atoms with Gasteiger partial charge in [0.15, 0.2) is 0 Å². The van der Waals surface area contributed by atoms with Gasteiger partial charge in [0, 0.05) is 12.2 Å². The van der Waals surface area contributed by atoms with Crippen molar-refractivity contribution in [3.63, 3.8) is 0 Å². The number of amides is 11. The Morgan fingerprint density at radius 1 is 0.477 bits per heavy atom. The van der Waals surface area contributed by atoms with Crippen molar-refractivity contribution in [2.24, 2.45) is 35.3 Å². The van der Waals surface area contributed by atoms with Gasteiger partial charge in [-0.05, 0) is 93.6 Å². The van der Waals surface area contributed by atoms with Gasteiger partial charge in [0.05, 0.1) is 12.6 Å². The Labute approximate surface area is 516 Å². The van der Waals surface area contributed by atoms with E-state index in [9.17, 15) is 67.7 Å². The third-order valence-electron chi connectivity index (χ3n) is 13.8. The maximum atomic E-state index is 14.3. The van der Waals surface area contributed by atoms with Gasteiger partial charge in [-0.1, -0.05) is 106 Å². The summed E-state index contributed by atoms with van der Waals surface area (Å²) in [6.45, 7) is 20.8. The number of carbonyl (C=O) groups is 12. The standard InChI is InChI=1S/C58H98N12O14S2/c1-15-33(10)46(70-49(74)36(13)61-52(77)39(23-29(2)3)65-53(78)41(25-31(6)7)64-50(75)38(59)21-22-86-14)57(82)62-35(12)47(72)63-42(26-37-19-17-16-18-20-37)54(79)66-40(24-30(4)5)51(76)60-34(11)48(73)67-43(27-71)55(80)69-45(32(8)9)56(81)68-44(28-85)58(83)84/h16-20,29-36,38-46,71,85H,15,21-28,59H2,1-14H3,(H,60,76)(H,61,77)(H,62,82)(H,63,72)(H,64,75)(H,65,78)(H,66,79)(H,67,73)(H,68,81)(H,69,80)(H,70,74)(H,83,84). The molecule has 0 saturated heterocycles. The van der Waals surface area contributed by atoms with Crippen LogP contribution in [-0.2, 0) is 64.0 Å². The van der Waals surface area contributed by atoms with Crippen LogP contribution in [0.4, 0.5) is 0 Å². The molecule has 0 aliphatic carbocycles. The third kappa shape index (κ3) is 27.9. The Kier molecular flexibility index (Phi) is 35.4. The summed E-state index contributed by atoms with van der Waals surface area (Å²) in [5.74, 6) is -10.8. The van der Waals surface area contributed by atoms with E-state index in [1.807, 2.05) is 34.0 Å². The summed E-state index contributed by atoms with van der Waals surface area (Å²) >= 11 is 5.47. The van der Waals surface area contributed by atoms with E-state index in [1.165, 1.54) is 32.5 Å². The fraction of sp³-hybridized carbons (Fsp3) is 0.690. The Morgan fingerprint density at radius 2 is 0.837 bits per heavy atom. The number of nitrogens with two attached hydrogens (primary N) is 1. The van der Waals surface area contributed by atoms with E-state index in [0.29, 0.717) is 24.2 Å². The SMILES string of the molecule is CCC(C)C(NC(=O)C(C)NC(=O)C(CC(C)C)NC(=O)C(CC(C)C)NC(=O)C(N)CCSC)C(=O)NC(C)C(=O)NC(Cc1ccccc1)C(=O)NC(CC(C)C)C(=O)NC(C)C(=O)NC(CO)C(=O)NC(C(=O)NC(CS)C(=O)O)C(C)C. The highest BCUT2D eigenvalue weighted by Gasteiger charge is 2.37. The highest BCUT2D eigenvalue weighted by Crippen LogP contribution is 2.14. The summed E-state index contributed by atoms with van der Waals surface area (Å²) in [6, 6.07) is -6.31. The molecule has 28 heteroatoms. The average molecular weight is 1250 g/mol. The van der Waals surface area contributed by atoms with Crippen molar-refractivity contribution >= 4 is 95.3 Å². The molecule has 486 valence electrons. The van der Waals surface area contributed by atoms with Crippen molar-refractivity contribution in [3.05, 3.63) is 35.9 Å². The molecule has 0 saturated carbocycles. The summed E-state index contributed by atoms with van der Waals surface area (Å²) in [5, 5.41) is 47.8. The molecule has 13 unspecified atom stereocenters. The van der Waals surface area contributed by atoms with Crippen molar-refractivity contribution in [2.45, 2.75) is 201 Å². The van der Waals surface area contributed by atoms with E-state index in [2.05, 4.69) is 71.1 Å². The lowest BCUT2D eigenvalue weighted by Crippen LogP contribution is -2.61. The lowest BCUT2D eigenvalue weighted by Gasteiger charge is -2.29. The monoisotopic (exact) mass is 1250 g/mol. The second-order valence-corrected chi connectivity index (χ2v) is 24.7. The number of rotatable bonds is 39. The molecule has 1 aromatic rings. The smallest absolute Gasteiger partial charge is 0.327 e. The molecule has 0 bridgehead atoms. The normalized spacial score (nSPS) is 15.9. The second kappa shape index (κ2) is 39.3. The molecular formula is C58H98N12O14S2. The Morgan fingerprint density at radius 3 is 1.24 bits per heavy atom. The van der Waals surface area contributed by atoms with Crippen molar-refractivity contribution in [1.82, 2.24) is 58.5 Å². The quantitative estimate of drug-likeness (QED) is 0.0371. The van der Waals surface area contributed by atoms with Crippen LogP contribution < -0.4 is 64.2 Å². The molecule has 0 aliphatic rings. The Bertz CT molecular complexity index is 2420. The molecule has 86 heavy (non-hydrogen) atoms. The predicted molar refractivity (Wildman–Crippen MR) is 331 cm³/mol. The summed E-state index contributed by atoms with van der Waals surface area (Å²) in [4.78, 5) is 162. The van der Waals surface area contributed by atoms with Gasteiger partial charge in [0.1, 0.15) is 66.5 Å². The largest absolute Gasteiger partial charge is 0.480 e. The zero-order valence-corrected chi connectivity index (χ0v) is 54.0. The maximum absolute atomic E-state index is 14.3. The Balaban J connectivity index is 3.29. The molecule has 0 spiro atoms. The predicted octanol–water partition coefficient (Wildman–Crippen LogP) is -0.451. The van der Waals surface area contributed by atoms with Crippen LogP contribution in [0.1, 0.15) is 128 Å². The molecular weight excluding hydrogens is 1150 g/mol. The van der Waals surface area contributed by atoms with Crippen LogP contribution in [-0.4, -0.2) is 178 Å². The molecule has 0 heterocycles. The molecule has 15 N–H and O–H groups in total. The van der Waals surface area contributed by atoms with Gasteiger partial charge < -0.3 is 74.4 Å². The van der Waals surface area contributed by atoms with Crippen LogP contribution in [0.2, 0.25) is 0 Å². The minimum atomic E-state index is -1.62. The summed E-state index contributed by atoms with van der Waals surface area (Å²) < 4.78 is 0. The van der Waals surface area contributed by atoms with Crippen LogP contribution in [0.3, 0.4) is 0 Å². The minimum Gasteiger partial charge on any atom is -0.480 e. The highest BCUT2D eigenvalue weighted by molar-refractivity contribution is 7.98. The number of aliphatic carboxylic acids is 1. The van der Waals surface area contributed by atoms with Gasteiger partial charge in [-0.25, -0.2) is 4.79 Å². The number of aliphatic hydroxyl groups excluding tert-OH is 1. The van der Waals surface area contributed by atoms with Crippen LogP contribution >= 0.6 is 24.4 Å². The number of hydrogen-bond donors (Lipinski definition) is 15. The van der Waals surface area contributed by atoms with Gasteiger partial charge in [-0.2, -0.15) is 24.4 Å². The number of hydrogen-bond acceptors (Lipinski definition) is 16. The van der Waals surface area contributed by atoms with E-state index in [-0.39, 0.29) is 49.2 Å². The molecule has 0 aliphatic heterocycles. The summed E-state index contributed by atoms with van der Waals surface area (Å²) in [7, 11) is 0. The molecule has 13 atom stereocenters. The van der Waals surface area contributed by atoms with E-state index in [0.717, 1.165) is 0 Å². The number of thiol groups is 1. The lowest BCUT2D eigenvalue weighted by molar-refractivity contribution is -0.142. The zero-order chi connectivity index (χ0) is 65.7. The number of carboxylic acids is 1. The number of thioether (sulfide) groups is 1. The van der Waals surface area contributed by atoms with Gasteiger partial charge in [0.2, 0.25) is 65.0 Å². The van der Waals surface area contributed by atoms with Crippen molar-refractivity contribution in [2.75, 3.05) is 24.4 Å². The first-order valence-corrected chi connectivity index (χ1v) is 31.3. The topological polar surface area (TPSA) is 404 Å². The third-order valence-corrected chi connectivity index (χ3v) is 14.8. The van der Waals surface area contributed by atoms with Gasteiger partial charge >= 0.3 is 5.97 Å². The van der Waals surface area contributed by atoms with E-state index >= 15 is 0 Å². The van der Waals surface area contributed by atoms with E-state index in [4.69, 9.17) is 5.73 Å². The molecule has 0 fully saturated rings. The molecule has 0 radical (unpaired) electrons. The first kappa shape index (κ1) is 77.5. The number of carbonyl (C=O) groups excluding carboxylic acids is 11. The first-order chi connectivity index (χ1) is 40.2. The van der Waals surface area contributed by atoms with Crippen molar-refractivity contribution < 1.29 is 67.7 Å². The van der Waals surface area contributed by atoms with E-state index in [1.54, 1.807) is 71.9 Å². The number of benzene rings is 1. The number of carboxylic acid groups (broad SMARTS) is 1. The highest BCUT2D eigenvalue weighted by atomic mass is 32.2. The summed E-state index contributed by atoms with van der Waals surface area (Å²) in [6.07, 6.45) is 3.11. The van der Waals surface area contributed by atoms with Crippen LogP contribution in [0.25, 0.3) is 0 Å². The lowest BCUT2D eigenvalue weighted by atomic mass is 9.97. The molecule has 26 nitrogen and oxygen atoms in total. The fourth-order valence-electron chi connectivity index (χ4n) is 8.50. The minimum absolute atomic E-state index is 0.0116. The zero-order valence-electron chi connectivity index (χ0n) is 52.3. The average Bonchev–Trinajstić information content (AvgIpc) is 2.90. The first-order valence-electron chi connectivity index (χ1n) is 29.3. The van der Waals surface area contributed by atoms with Crippen LogP contribution in [0.5, 0.6) is 0 Å². The van der Waals surface area contributed by atoms with Crippen molar-refractivity contribution in [3.8, 4) is 0 Å². The second-order valence-electron chi connectivity index (χ2n) is 23.3. The van der Waals surface area contributed by atoms with Crippen LogP contribution in [0.15, 0.2) is 30.3 Å². The number of nitrogens with one attached hydrogen (secondary N) is 11. The fourth-order valence-corrected chi connectivity index (χ4v) is 9.24. The van der Waals surface area contributed by atoms with Crippen molar-refractivity contribution in [1.29, 1.82) is 0 Å². The van der Waals surface area contributed by atoms with Crippen LogP contribution in [0, 0.1) is 29.6 Å². The maximum Gasteiger partial charge on any atom is 0.327 e. The van der Waals surface area contributed by atoms with Gasteiger partial charge in [0.25, 0.3) is 0 Å². The Hall–Kier alpha value is -6.52. The van der Waals surface area contributed by atoms with Gasteiger partial charge in [-0.3, -0.25) is 52.7 Å². The molecule has 0 aromatic heterocycles. The van der Waals surface area contributed by atoms with E-state index < -0.39 is 162 Å². The molecule has 1 rings (SSSR count). The number of aliphatic hydroxyl groups is 1. The van der Waals surface area contributed by atoms with Gasteiger partial charge in [-0.15, -0.1) is 0 Å². The summed E-state index contributed by atoms with van der Waals surface area (Å²) in [5.41, 5.74) is 6.70.